The van der Waals surface area contributed by atoms with Crippen LogP contribution in [0.4, 0.5) is 0 Å². The van der Waals surface area contributed by atoms with Gasteiger partial charge in [0.2, 0.25) is 0 Å². The molecule has 0 fully saturated rings. The summed E-state index contributed by atoms with van der Waals surface area (Å²) in [4.78, 5) is 23.1. The number of carbonyl (C=O) groups is 2. The molecule has 0 saturated carbocycles. The van der Waals surface area contributed by atoms with E-state index in [0.717, 1.165) is 19.3 Å². The number of aromatic carboxylic acids is 1. The number of carboxylic acid groups (broad SMARTS) is 1. The topological polar surface area (TPSA) is 104 Å². The summed E-state index contributed by atoms with van der Waals surface area (Å²) in [5.74, 6) is -1.21. The Bertz CT molecular complexity index is 742. The fourth-order valence-electron chi connectivity index (χ4n) is 3.76. The lowest BCUT2D eigenvalue weighted by molar-refractivity contribution is -0.144. The number of benzene rings is 1. The maximum atomic E-state index is 11.8. The number of carbonyl (C=O) groups excluding carboxylic acids is 1. The van der Waals surface area contributed by atoms with Crippen molar-refractivity contribution < 1.29 is 29.6 Å². The first kappa shape index (κ1) is 28.7. The molecule has 0 aromatic heterocycles. The number of hydrogen-bond donors (Lipinski definition) is 3. The molecule has 0 aliphatic rings. The summed E-state index contributed by atoms with van der Waals surface area (Å²) in [7, 11) is 0. The summed E-state index contributed by atoms with van der Waals surface area (Å²) in [6.45, 7) is 6.60. The van der Waals surface area contributed by atoms with E-state index in [1.54, 1.807) is 12.1 Å². The van der Waals surface area contributed by atoms with Gasteiger partial charge in [0.1, 0.15) is 11.3 Å². The van der Waals surface area contributed by atoms with Gasteiger partial charge in [0.05, 0.1) is 12.7 Å². The smallest absolute Gasteiger partial charge is 0.339 e. The Morgan fingerprint density at radius 2 is 1.82 bits per heavy atom. The summed E-state index contributed by atoms with van der Waals surface area (Å²) in [5.41, 5.74) is 0.484. The Balaban J connectivity index is 2.28. The van der Waals surface area contributed by atoms with Gasteiger partial charge in [0.15, 0.2) is 0 Å². The molecular weight excluding hydrogens is 420 g/mol. The van der Waals surface area contributed by atoms with Crippen LogP contribution in [0.3, 0.4) is 0 Å². The highest BCUT2D eigenvalue weighted by Gasteiger charge is 2.17. The third-order valence-electron chi connectivity index (χ3n) is 6.01. The first-order valence-corrected chi connectivity index (χ1v) is 12.3. The molecule has 0 aliphatic heterocycles. The van der Waals surface area contributed by atoms with Crippen LogP contribution in [0.25, 0.3) is 0 Å². The summed E-state index contributed by atoms with van der Waals surface area (Å²) in [6, 6.07) is 4.68. The van der Waals surface area contributed by atoms with Crippen LogP contribution in [0, 0.1) is 11.8 Å². The van der Waals surface area contributed by atoms with E-state index in [9.17, 15) is 24.9 Å². The SMILES string of the molecule is CCCCCCCC(=O)OCCC(C)CC(O)C(C)C/C=C/Cc1cccc(O)c1C(=O)O. The Morgan fingerprint density at radius 1 is 1.09 bits per heavy atom. The molecular formula is C27H42O6. The zero-order valence-electron chi connectivity index (χ0n) is 20.5. The zero-order valence-corrected chi connectivity index (χ0v) is 20.5. The number of unbranched alkanes of at least 4 members (excludes halogenated alkanes) is 4. The van der Waals surface area contributed by atoms with E-state index in [-0.39, 0.29) is 29.1 Å². The van der Waals surface area contributed by atoms with Crippen molar-refractivity contribution in [2.45, 2.75) is 91.1 Å². The van der Waals surface area contributed by atoms with Crippen molar-refractivity contribution in [1.82, 2.24) is 0 Å². The second-order valence-electron chi connectivity index (χ2n) is 9.09. The van der Waals surface area contributed by atoms with Gasteiger partial charge in [-0.15, -0.1) is 0 Å². The second kappa shape index (κ2) is 16.3. The number of aliphatic hydroxyl groups excluding tert-OH is 1. The van der Waals surface area contributed by atoms with Gasteiger partial charge in [-0.1, -0.05) is 70.7 Å². The standard InChI is InChI=1S/C27H42O6/c1-4-5-6-7-8-16-25(30)33-18-17-20(2)19-24(29)21(3)12-9-10-13-22-14-11-15-23(28)26(22)27(31)32/h9-11,14-15,20-21,24,28-29H,4-8,12-13,16-19H2,1-3H3,(H,31,32)/b10-9+. The maximum absolute atomic E-state index is 11.8. The van der Waals surface area contributed by atoms with E-state index in [4.69, 9.17) is 4.74 Å². The van der Waals surface area contributed by atoms with Crippen molar-refractivity contribution in [3.05, 3.63) is 41.5 Å². The van der Waals surface area contributed by atoms with Gasteiger partial charge >= 0.3 is 11.9 Å². The monoisotopic (exact) mass is 462 g/mol. The van der Waals surface area contributed by atoms with Crippen LogP contribution < -0.4 is 0 Å². The number of hydrogen-bond acceptors (Lipinski definition) is 5. The average Bonchev–Trinajstić information content (AvgIpc) is 2.76. The number of aliphatic hydroxyl groups is 1. The van der Waals surface area contributed by atoms with E-state index in [1.807, 2.05) is 19.1 Å². The fraction of sp³-hybridized carbons (Fsp3) is 0.630. The Labute approximate surface area is 198 Å². The third-order valence-corrected chi connectivity index (χ3v) is 6.01. The Kier molecular flexibility index (Phi) is 14.2. The Morgan fingerprint density at radius 3 is 2.52 bits per heavy atom. The number of aromatic hydroxyl groups is 1. The number of phenols is 1. The molecule has 0 amide bonds. The van der Waals surface area contributed by atoms with Crippen LogP contribution in [0.1, 0.15) is 94.5 Å². The minimum atomic E-state index is -1.15. The minimum absolute atomic E-state index is 0.0532. The summed E-state index contributed by atoms with van der Waals surface area (Å²) in [5, 5.41) is 29.5. The van der Waals surface area contributed by atoms with Crippen LogP contribution in [0.5, 0.6) is 5.75 Å². The zero-order chi connectivity index (χ0) is 24.6. The molecule has 0 heterocycles. The van der Waals surface area contributed by atoms with Gasteiger partial charge < -0.3 is 20.1 Å². The van der Waals surface area contributed by atoms with Crippen LogP contribution in [-0.4, -0.2) is 40.0 Å². The van der Waals surface area contributed by atoms with E-state index >= 15 is 0 Å². The van der Waals surface area contributed by atoms with Crippen molar-refractivity contribution in [2.24, 2.45) is 11.8 Å². The van der Waals surface area contributed by atoms with Crippen LogP contribution in [0.2, 0.25) is 0 Å². The molecule has 3 N–H and O–H groups in total. The lowest BCUT2D eigenvalue weighted by Gasteiger charge is -2.21. The summed E-state index contributed by atoms with van der Waals surface area (Å²) in [6.07, 6.45) is 11.8. The van der Waals surface area contributed by atoms with Gasteiger partial charge in [0, 0.05) is 6.42 Å². The highest BCUT2D eigenvalue weighted by Crippen LogP contribution is 2.23. The van der Waals surface area contributed by atoms with Crippen molar-refractivity contribution in [3.63, 3.8) is 0 Å². The number of allylic oxidation sites excluding steroid dienone is 2. The molecule has 0 saturated heterocycles. The van der Waals surface area contributed by atoms with Crippen LogP contribution >= 0.6 is 0 Å². The van der Waals surface area contributed by atoms with Gasteiger partial charge in [-0.05, 0) is 55.6 Å². The molecule has 0 aliphatic carbocycles. The molecule has 1 aromatic rings. The molecule has 3 unspecified atom stereocenters. The molecule has 6 nitrogen and oxygen atoms in total. The molecule has 6 heteroatoms. The minimum Gasteiger partial charge on any atom is -0.507 e. The van der Waals surface area contributed by atoms with E-state index in [0.29, 0.717) is 37.9 Å². The fourth-order valence-corrected chi connectivity index (χ4v) is 3.76. The van der Waals surface area contributed by atoms with Crippen molar-refractivity contribution in [2.75, 3.05) is 6.61 Å². The molecule has 0 radical (unpaired) electrons. The lowest BCUT2D eigenvalue weighted by atomic mass is 9.91. The van der Waals surface area contributed by atoms with Gasteiger partial charge in [0.25, 0.3) is 0 Å². The number of ether oxygens (including phenoxy) is 1. The van der Waals surface area contributed by atoms with Crippen molar-refractivity contribution in [1.29, 1.82) is 0 Å². The van der Waals surface area contributed by atoms with Crippen molar-refractivity contribution in [3.8, 4) is 5.75 Å². The number of esters is 1. The van der Waals surface area contributed by atoms with Gasteiger partial charge in [-0.2, -0.15) is 0 Å². The normalized spacial score (nSPS) is 14.2. The van der Waals surface area contributed by atoms with E-state index in [1.165, 1.54) is 25.3 Å². The highest BCUT2D eigenvalue weighted by atomic mass is 16.5. The summed E-state index contributed by atoms with van der Waals surface area (Å²) >= 11 is 0. The van der Waals surface area contributed by atoms with Crippen LogP contribution in [-0.2, 0) is 16.0 Å². The maximum Gasteiger partial charge on any atom is 0.339 e. The highest BCUT2D eigenvalue weighted by molar-refractivity contribution is 5.92. The predicted octanol–water partition coefficient (Wildman–Crippen LogP) is 5.90. The number of carboxylic acids is 1. The molecule has 1 aromatic carbocycles. The molecule has 33 heavy (non-hydrogen) atoms. The quantitative estimate of drug-likeness (QED) is 0.151. The first-order valence-electron chi connectivity index (χ1n) is 12.3. The second-order valence-corrected chi connectivity index (χ2v) is 9.09. The largest absolute Gasteiger partial charge is 0.507 e. The molecule has 0 bridgehead atoms. The summed E-state index contributed by atoms with van der Waals surface area (Å²) < 4.78 is 5.33. The number of rotatable bonds is 17. The molecule has 0 spiro atoms. The van der Waals surface area contributed by atoms with E-state index in [2.05, 4.69) is 13.8 Å². The van der Waals surface area contributed by atoms with Gasteiger partial charge in [-0.3, -0.25) is 4.79 Å². The molecule has 3 atom stereocenters. The van der Waals surface area contributed by atoms with Gasteiger partial charge in [-0.25, -0.2) is 4.79 Å². The average molecular weight is 463 g/mol. The van der Waals surface area contributed by atoms with E-state index < -0.39 is 12.1 Å². The predicted molar refractivity (Wildman–Crippen MR) is 130 cm³/mol. The van der Waals surface area contributed by atoms with Crippen LogP contribution in [0.15, 0.2) is 30.4 Å². The third kappa shape index (κ3) is 11.9. The first-order chi connectivity index (χ1) is 15.8. The lowest BCUT2D eigenvalue weighted by Crippen LogP contribution is -2.21. The Hall–Kier alpha value is -2.34. The van der Waals surface area contributed by atoms with Crippen molar-refractivity contribution >= 4 is 11.9 Å². The molecule has 1 rings (SSSR count). The molecule has 186 valence electrons.